The SMILES string of the molecule is CC1(C)COCCN1S(=O)(=O)c1cc([N+](=O)[O-])ccc1N. The van der Waals surface area contributed by atoms with Crippen molar-refractivity contribution < 1.29 is 18.1 Å². The van der Waals surface area contributed by atoms with Crippen LogP contribution in [0.2, 0.25) is 0 Å². The van der Waals surface area contributed by atoms with E-state index in [-0.39, 0.29) is 36.0 Å². The lowest BCUT2D eigenvalue weighted by Gasteiger charge is -2.40. The summed E-state index contributed by atoms with van der Waals surface area (Å²) in [5.41, 5.74) is 4.65. The molecule has 2 N–H and O–H groups in total. The third-order valence-electron chi connectivity index (χ3n) is 3.35. The summed E-state index contributed by atoms with van der Waals surface area (Å²) in [6.45, 7) is 4.17. The molecule has 0 aromatic heterocycles. The summed E-state index contributed by atoms with van der Waals surface area (Å²) in [7, 11) is -3.93. The number of rotatable bonds is 3. The first-order valence-electron chi connectivity index (χ1n) is 6.31. The molecule has 1 aliphatic rings. The third-order valence-corrected chi connectivity index (χ3v) is 5.51. The lowest BCUT2D eigenvalue weighted by molar-refractivity contribution is -0.385. The molecule has 0 spiro atoms. The van der Waals surface area contributed by atoms with Crippen LogP contribution in [0.3, 0.4) is 0 Å². The van der Waals surface area contributed by atoms with Gasteiger partial charge in [-0.3, -0.25) is 10.1 Å². The van der Waals surface area contributed by atoms with Crippen molar-refractivity contribution in [1.82, 2.24) is 4.31 Å². The molecule has 8 nitrogen and oxygen atoms in total. The maximum absolute atomic E-state index is 12.8. The van der Waals surface area contributed by atoms with Crippen molar-refractivity contribution in [1.29, 1.82) is 0 Å². The van der Waals surface area contributed by atoms with Crippen LogP contribution in [0.1, 0.15) is 13.8 Å². The minimum atomic E-state index is -3.93. The predicted molar refractivity (Wildman–Crippen MR) is 76.3 cm³/mol. The van der Waals surface area contributed by atoms with Crippen molar-refractivity contribution in [3.8, 4) is 0 Å². The van der Waals surface area contributed by atoms with Crippen LogP contribution in [-0.4, -0.2) is 42.9 Å². The zero-order valence-corrected chi connectivity index (χ0v) is 12.6. The Kier molecular flexibility index (Phi) is 3.91. The molecule has 21 heavy (non-hydrogen) atoms. The molecule has 1 aliphatic heterocycles. The largest absolute Gasteiger partial charge is 0.398 e. The van der Waals surface area contributed by atoms with Gasteiger partial charge in [-0.15, -0.1) is 0 Å². The summed E-state index contributed by atoms with van der Waals surface area (Å²) in [5.74, 6) is 0. The minimum absolute atomic E-state index is 0.0112. The van der Waals surface area contributed by atoms with E-state index in [1.54, 1.807) is 13.8 Å². The Morgan fingerprint density at radius 3 is 2.67 bits per heavy atom. The van der Waals surface area contributed by atoms with Gasteiger partial charge >= 0.3 is 0 Å². The van der Waals surface area contributed by atoms with Crippen LogP contribution < -0.4 is 5.73 Å². The van der Waals surface area contributed by atoms with E-state index in [1.165, 1.54) is 16.4 Å². The van der Waals surface area contributed by atoms with E-state index in [9.17, 15) is 18.5 Å². The topological polar surface area (TPSA) is 116 Å². The normalized spacial score (nSPS) is 19.3. The molecule has 1 heterocycles. The number of nitrogen functional groups attached to an aromatic ring is 1. The number of nitrogens with zero attached hydrogens (tertiary/aromatic N) is 2. The number of hydrogen-bond acceptors (Lipinski definition) is 6. The first-order valence-corrected chi connectivity index (χ1v) is 7.75. The van der Waals surface area contributed by atoms with Crippen molar-refractivity contribution in [3.05, 3.63) is 28.3 Å². The van der Waals surface area contributed by atoms with E-state index >= 15 is 0 Å². The molecule has 1 aromatic rings. The van der Waals surface area contributed by atoms with Gasteiger partial charge in [0.1, 0.15) is 4.90 Å². The fourth-order valence-electron chi connectivity index (χ4n) is 2.27. The highest BCUT2D eigenvalue weighted by molar-refractivity contribution is 7.89. The number of anilines is 1. The Labute approximate surface area is 122 Å². The van der Waals surface area contributed by atoms with Crippen molar-refractivity contribution in [2.75, 3.05) is 25.5 Å². The molecule has 0 atom stereocenters. The van der Waals surface area contributed by atoms with E-state index in [1.807, 2.05) is 0 Å². The average molecular weight is 315 g/mol. The monoisotopic (exact) mass is 315 g/mol. The van der Waals surface area contributed by atoms with E-state index in [0.717, 1.165) is 6.07 Å². The number of non-ortho nitro benzene ring substituents is 1. The van der Waals surface area contributed by atoms with E-state index < -0.39 is 20.5 Å². The van der Waals surface area contributed by atoms with Gasteiger partial charge < -0.3 is 10.5 Å². The van der Waals surface area contributed by atoms with Crippen LogP contribution >= 0.6 is 0 Å². The molecule has 0 amide bonds. The Bertz CT molecular complexity index is 671. The van der Waals surface area contributed by atoms with Crippen LogP contribution in [0.5, 0.6) is 0 Å². The second-order valence-corrected chi connectivity index (χ2v) is 7.25. The quantitative estimate of drug-likeness (QED) is 0.505. The van der Waals surface area contributed by atoms with Gasteiger partial charge in [0.25, 0.3) is 5.69 Å². The van der Waals surface area contributed by atoms with Crippen molar-refractivity contribution in [3.63, 3.8) is 0 Å². The van der Waals surface area contributed by atoms with Crippen molar-refractivity contribution in [2.45, 2.75) is 24.3 Å². The van der Waals surface area contributed by atoms with Crippen LogP contribution in [-0.2, 0) is 14.8 Å². The summed E-state index contributed by atoms with van der Waals surface area (Å²) in [6, 6.07) is 3.41. The zero-order valence-electron chi connectivity index (χ0n) is 11.8. The standard InChI is InChI=1S/C12H17N3O5S/c1-12(2)8-20-6-5-14(12)21(18,19)11-7-9(15(16)17)3-4-10(11)13/h3-4,7H,5-6,8,13H2,1-2H3. The molecule has 1 aromatic carbocycles. The molecule has 2 rings (SSSR count). The Morgan fingerprint density at radius 1 is 1.43 bits per heavy atom. The van der Waals surface area contributed by atoms with Gasteiger partial charge in [-0.2, -0.15) is 4.31 Å². The summed E-state index contributed by atoms with van der Waals surface area (Å²) in [4.78, 5) is 9.94. The Balaban J connectivity index is 2.53. The lowest BCUT2D eigenvalue weighted by atomic mass is 10.1. The van der Waals surface area contributed by atoms with Gasteiger partial charge in [0.05, 0.1) is 29.4 Å². The van der Waals surface area contributed by atoms with Gasteiger partial charge in [0.2, 0.25) is 10.0 Å². The van der Waals surface area contributed by atoms with E-state index in [0.29, 0.717) is 0 Å². The van der Waals surface area contributed by atoms with Gasteiger partial charge in [0.15, 0.2) is 0 Å². The molecular formula is C12H17N3O5S. The minimum Gasteiger partial charge on any atom is -0.398 e. The van der Waals surface area contributed by atoms with E-state index in [2.05, 4.69) is 0 Å². The van der Waals surface area contributed by atoms with Crippen LogP contribution in [0.25, 0.3) is 0 Å². The van der Waals surface area contributed by atoms with Crippen molar-refractivity contribution in [2.24, 2.45) is 0 Å². The number of hydrogen-bond donors (Lipinski definition) is 1. The predicted octanol–water partition coefficient (Wildman–Crippen LogP) is 0.977. The van der Waals surface area contributed by atoms with Crippen LogP contribution in [0.15, 0.2) is 23.1 Å². The smallest absolute Gasteiger partial charge is 0.270 e. The molecule has 0 saturated carbocycles. The second-order valence-electron chi connectivity index (χ2n) is 5.42. The molecule has 0 radical (unpaired) electrons. The van der Waals surface area contributed by atoms with Crippen molar-refractivity contribution >= 4 is 21.4 Å². The van der Waals surface area contributed by atoms with Gasteiger partial charge in [-0.1, -0.05) is 0 Å². The molecule has 9 heteroatoms. The average Bonchev–Trinajstić information content (AvgIpc) is 2.37. The molecule has 0 bridgehead atoms. The zero-order chi connectivity index (χ0) is 15.8. The van der Waals surface area contributed by atoms with E-state index in [4.69, 9.17) is 10.5 Å². The number of benzene rings is 1. The maximum atomic E-state index is 12.8. The summed E-state index contributed by atoms with van der Waals surface area (Å²) >= 11 is 0. The summed E-state index contributed by atoms with van der Waals surface area (Å²) < 4.78 is 32.1. The second kappa shape index (κ2) is 5.24. The fourth-order valence-corrected chi connectivity index (χ4v) is 4.16. The van der Waals surface area contributed by atoms with Gasteiger partial charge in [0, 0.05) is 18.7 Å². The number of ether oxygens (including phenoxy) is 1. The summed E-state index contributed by atoms with van der Waals surface area (Å²) in [5, 5.41) is 10.8. The first kappa shape index (κ1) is 15.7. The highest BCUT2D eigenvalue weighted by Gasteiger charge is 2.40. The third kappa shape index (κ3) is 2.85. The number of nitro groups is 1. The highest BCUT2D eigenvalue weighted by atomic mass is 32.2. The van der Waals surface area contributed by atoms with Crippen LogP contribution in [0.4, 0.5) is 11.4 Å². The number of sulfonamides is 1. The molecule has 1 saturated heterocycles. The Morgan fingerprint density at radius 2 is 2.10 bits per heavy atom. The summed E-state index contributed by atoms with van der Waals surface area (Å²) in [6.07, 6.45) is 0. The maximum Gasteiger partial charge on any atom is 0.270 e. The molecular weight excluding hydrogens is 298 g/mol. The van der Waals surface area contributed by atoms with Crippen LogP contribution in [0, 0.1) is 10.1 Å². The fraction of sp³-hybridized carbons (Fsp3) is 0.500. The molecule has 1 fully saturated rings. The number of nitro benzene ring substituents is 1. The molecule has 0 unspecified atom stereocenters. The highest BCUT2D eigenvalue weighted by Crippen LogP contribution is 2.32. The Hall–Kier alpha value is -1.71. The van der Waals surface area contributed by atoms with Gasteiger partial charge in [-0.25, -0.2) is 8.42 Å². The molecule has 0 aliphatic carbocycles. The van der Waals surface area contributed by atoms with Gasteiger partial charge in [-0.05, 0) is 19.9 Å². The number of nitrogens with two attached hydrogens (primary N) is 1. The lowest BCUT2D eigenvalue weighted by Crippen LogP contribution is -2.55. The molecule has 116 valence electrons. The first-order chi connectivity index (χ1) is 9.66. The number of morpholine rings is 1.